The molecule has 4 amide bonds. The summed E-state index contributed by atoms with van der Waals surface area (Å²) in [7, 11) is 0. The molecule has 0 aromatic carbocycles. The quantitative estimate of drug-likeness (QED) is 0.339. The van der Waals surface area contributed by atoms with Crippen LogP contribution in [0.2, 0.25) is 0 Å². The normalized spacial score (nSPS) is 24.5. The average Bonchev–Trinajstić information content (AvgIpc) is 3.36. The van der Waals surface area contributed by atoms with Crippen LogP contribution in [0.15, 0.2) is 9.68 Å². The van der Waals surface area contributed by atoms with Gasteiger partial charge in [-0.05, 0) is 43.9 Å². The molecule has 0 bridgehead atoms. The van der Waals surface area contributed by atoms with Crippen molar-refractivity contribution in [2.24, 2.45) is 22.2 Å². The van der Waals surface area contributed by atoms with Crippen LogP contribution < -0.4 is 16.4 Å². The second kappa shape index (κ2) is 11.7. The predicted octanol–water partition coefficient (Wildman–Crippen LogP) is 1.56. The van der Waals surface area contributed by atoms with Gasteiger partial charge >= 0.3 is 0 Å². The topological polar surface area (TPSA) is 186 Å². The van der Waals surface area contributed by atoms with Gasteiger partial charge in [0.15, 0.2) is 11.3 Å². The van der Waals surface area contributed by atoms with Gasteiger partial charge in [0, 0.05) is 30.9 Å². The molecule has 1 aromatic rings. The van der Waals surface area contributed by atoms with Crippen molar-refractivity contribution in [2.75, 3.05) is 6.54 Å². The Morgan fingerprint density at radius 2 is 1.86 bits per heavy atom. The Hall–Kier alpha value is -3.77. The Morgan fingerprint density at radius 1 is 1.14 bits per heavy atom. The minimum Gasteiger partial charge on any atom is -0.387 e. The lowest BCUT2D eigenvalue weighted by Crippen LogP contribution is -2.57. The first-order chi connectivity index (χ1) is 20.3. The Bertz CT molecular complexity index is 1340. The van der Waals surface area contributed by atoms with Crippen molar-refractivity contribution in [2.45, 2.75) is 116 Å². The monoisotopic (exact) mass is 598 g/mol. The number of hydrogen-bond acceptors (Lipinski definition) is 9. The van der Waals surface area contributed by atoms with Gasteiger partial charge < -0.3 is 30.6 Å². The second-order valence-electron chi connectivity index (χ2n) is 13.5. The number of nitrogens with zero attached hydrogens (tertiary/aromatic N) is 3. The maximum atomic E-state index is 14.1. The molecule has 1 aromatic heterocycles. The SMILES string of the molecule is CCC[C@H](C(=O)C(=O)NC1CC1)C1=NOC2(C1)CC(C(N)=O)N(C(=O)[C@@H](NC(=O)c1noc3c1CCCC3)C(C)(C)C)C2. The number of carbonyl (C=O) groups is 5. The maximum Gasteiger partial charge on any atom is 0.288 e. The first-order valence-electron chi connectivity index (χ1n) is 15.3. The largest absolute Gasteiger partial charge is 0.387 e. The Labute approximate surface area is 250 Å². The molecule has 43 heavy (non-hydrogen) atoms. The number of Topliss-reactive ketones (excluding diaryl/α,β-unsaturated/α-hetero) is 1. The molecule has 5 rings (SSSR count). The first kappa shape index (κ1) is 30.7. The van der Waals surface area contributed by atoms with E-state index in [1.807, 2.05) is 27.7 Å². The number of nitrogens with one attached hydrogen (secondary N) is 2. The third-order valence-electron chi connectivity index (χ3n) is 8.86. The molecule has 2 fully saturated rings. The van der Waals surface area contributed by atoms with Gasteiger partial charge in [-0.1, -0.05) is 44.4 Å². The van der Waals surface area contributed by atoms with Crippen LogP contribution in [0.1, 0.15) is 101 Å². The molecule has 1 saturated heterocycles. The highest BCUT2D eigenvalue weighted by atomic mass is 16.7. The lowest BCUT2D eigenvalue weighted by molar-refractivity contribution is -0.141. The number of aromatic nitrogens is 1. The van der Waals surface area contributed by atoms with Crippen molar-refractivity contribution in [3.05, 3.63) is 17.0 Å². The summed E-state index contributed by atoms with van der Waals surface area (Å²) in [5.41, 5.74) is 5.33. The number of primary amides is 1. The summed E-state index contributed by atoms with van der Waals surface area (Å²) in [4.78, 5) is 73.0. The number of fused-ring (bicyclic) bond motifs is 1. The summed E-state index contributed by atoms with van der Waals surface area (Å²) in [6.45, 7) is 7.36. The predicted molar refractivity (Wildman–Crippen MR) is 154 cm³/mol. The Morgan fingerprint density at radius 3 is 2.51 bits per heavy atom. The fraction of sp³-hybridized carbons (Fsp3) is 0.700. The number of rotatable bonds is 10. The van der Waals surface area contributed by atoms with E-state index in [1.165, 1.54) is 4.90 Å². The van der Waals surface area contributed by atoms with Crippen LogP contribution in [0.3, 0.4) is 0 Å². The van der Waals surface area contributed by atoms with Crippen molar-refractivity contribution in [1.82, 2.24) is 20.7 Å². The maximum absolute atomic E-state index is 14.1. The van der Waals surface area contributed by atoms with Crippen LogP contribution >= 0.6 is 0 Å². The zero-order chi connectivity index (χ0) is 31.1. The number of likely N-dealkylation sites (tertiary alicyclic amines) is 1. The fourth-order valence-corrected chi connectivity index (χ4v) is 6.32. The summed E-state index contributed by atoms with van der Waals surface area (Å²) in [6, 6.07) is -1.99. The minimum absolute atomic E-state index is 0.0183. The molecule has 0 radical (unpaired) electrons. The van der Waals surface area contributed by atoms with E-state index < -0.39 is 58.4 Å². The van der Waals surface area contributed by atoms with Gasteiger partial charge in [-0.25, -0.2) is 0 Å². The van der Waals surface area contributed by atoms with E-state index >= 15 is 0 Å². The molecule has 4 N–H and O–H groups in total. The molecule has 13 nitrogen and oxygen atoms in total. The second-order valence-corrected chi connectivity index (χ2v) is 13.5. The molecule has 4 atom stereocenters. The van der Waals surface area contributed by atoms with Gasteiger partial charge in [0.05, 0.1) is 18.2 Å². The molecule has 4 aliphatic rings. The zero-order valence-electron chi connectivity index (χ0n) is 25.4. The number of nitrogens with two attached hydrogens (primary N) is 1. The molecular weight excluding hydrogens is 556 g/mol. The molecule has 2 aliphatic carbocycles. The molecular formula is C30H42N6O7. The van der Waals surface area contributed by atoms with Crippen LogP contribution in [-0.2, 0) is 36.9 Å². The summed E-state index contributed by atoms with van der Waals surface area (Å²) in [5.74, 6) is -2.95. The number of ketones is 1. The summed E-state index contributed by atoms with van der Waals surface area (Å²) in [6.07, 6.45) is 6.31. The number of oxime groups is 1. The summed E-state index contributed by atoms with van der Waals surface area (Å²) >= 11 is 0. The van der Waals surface area contributed by atoms with Gasteiger partial charge in [0.2, 0.25) is 17.6 Å². The van der Waals surface area contributed by atoms with Gasteiger partial charge in [-0.15, -0.1) is 0 Å². The number of aryl methyl sites for hydroxylation is 1. The zero-order valence-corrected chi connectivity index (χ0v) is 25.4. The average molecular weight is 599 g/mol. The molecule has 3 heterocycles. The Kier molecular flexibility index (Phi) is 8.36. The van der Waals surface area contributed by atoms with E-state index in [9.17, 15) is 24.0 Å². The van der Waals surface area contributed by atoms with Crippen LogP contribution in [0.5, 0.6) is 0 Å². The van der Waals surface area contributed by atoms with E-state index in [2.05, 4.69) is 20.9 Å². The van der Waals surface area contributed by atoms with Crippen molar-refractivity contribution < 1.29 is 33.3 Å². The van der Waals surface area contributed by atoms with Gasteiger partial charge in [-0.2, -0.15) is 0 Å². The van der Waals surface area contributed by atoms with Crippen molar-refractivity contribution in [1.29, 1.82) is 0 Å². The lowest BCUT2D eigenvalue weighted by atomic mass is 9.85. The first-order valence-corrected chi connectivity index (χ1v) is 15.3. The number of amides is 4. The van der Waals surface area contributed by atoms with Crippen molar-refractivity contribution >= 4 is 35.1 Å². The van der Waals surface area contributed by atoms with Gasteiger partial charge in [-0.3, -0.25) is 24.0 Å². The highest BCUT2D eigenvalue weighted by molar-refractivity contribution is 6.41. The fourth-order valence-electron chi connectivity index (χ4n) is 6.32. The molecule has 13 heteroatoms. The molecule has 2 aliphatic heterocycles. The molecule has 1 saturated carbocycles. The third-order valence-corrected chi connectivity index (χ3v) is 8.86. The van der Waals surface area contributed by atoms with Crippen LogP contribution in [0.25, 0.3) is 0 Å². The van der Waals surface area contributed by atoms with E-state index in [0.717, 1.165) is 31.2 Å². The van der Waals surface area contributed by atoms with Crippen molar-refractivity contribution in [3.63, 3.8) is 0 Å². The lowest BCUT2D eigenvalue weighted by Gasteiger charge is -2.35. The van der Waals surface area contributed by atoms with Crippen LogP contribution in [-0.4, -0.2) is 75.5 Å². The molecule has 234 valence electrons. The van der Waals surface area contributed by atoms with Crippen LogP contribution in [0, 0.1) is 11.3 Å². The standard InChI is InChI=1S/C30H42N6O7/c1-5-8-17(23(37)27(40)32-16-11-12-16)19-13-30(43-34-19)14-20(25(31)38)36(15-30)28(41)24(29(2,3)4)33-26(39)22-18-9-6-7-10-21(18)42-35-22/h16-17,20,24H,5-15H2,1-4H3,(H2,31,38)(H,32,40)(H,33,39)/t17-,20?,24+,30?/m0/s1. The minimum atomic E-state index is -1.08. The highest BCUT2D eigenvalue weighted by Gasteiger charge is 2.56. The summed E-state index contributed by atoms with van der Waals surface area (Å²) < 4.78 is 5.40. The smallest absolute Gasteiger partial charge is 0.288 e. The van der Waals surface area contributed by atoms with Crippen LogP contribution in [0.4, 0.5) is 0 Å². The van der Waals surface area contributed by atoms with E-state index in [0.29, 0.717) is 37.2 Å². The van der Waals surface area contributed by atoms with E-state index in [-0.39, 0.29) is 31.1 Å². The number of hydrogen-bond donors (Lipinski definition) is 3. The van der Waals surface area contributed by atoms with Gasteiger partial charge in [0.1, 0.15) is 17.8 Å². The van der Waals surface area contributed by atoms with E-state index in [1.54, 1.807) is 0 Å². The number of carbonyl (C=O) groups excluding carboxylic acids is 5. The molecule has 2 unspecified atom stereocenters. The Balaban J connectivity index is 1.33. The van der Waals surface area contributed by atoms with Crippen molar-refractivity contribution in [3.8, 4) is 0 Å². The van der Waals surface area contributed by atoms with Gasteiger partial charge in [0.25, 0.3) is 11.8 Å². The highest BCUT2D eigenvalue weighted by Crippen LogP contribution is 2.40. The van der Waals surface area contributed by atoms with E-state index in [4.69, 9.17) is 15.1 Å². The summed E-state index contributed by atoms with van der Waals surface area (Å²) in [5, 5.41) is 13.8. The third kappa shape index (κ3) is 6.30. The molecule has 1 spiro atoms.